The van der Waals surface area contributed by atoms with Crippen LogP contribution >= 0.6 is 12.3 Å². The second kappa shape index (κ2) is 4.33. The van der Waals surface area contributed by atoms with E-state index in [2.05, 4.69) is 5.10 Å². The minimum absolute atomic E-state index is 0.104. The maximum absolute atomic E-state index is 12.6. The van der Waals surface area contributed by atoms with Gasteiger partial charge in [0.1, 0.15) is 5.75 Å². The highest BCUT2D eigenvalue weighted by Gasteiger charge is 2.09. The van der Waals surface area contributed by atoms with Crippen LogP contribution in [0.1, 0.15) is 19.5 Å². The van der Waals surface area contributed by atoms with E-state index in [0.29, 0.717) is 0 Å². The molecule has 2 rings (SSSR count). The van der Waals surface area contributed by atoms with Crippen LogP contribution in [0.15, 0.2) is 18.2 Å². The number of aryl methyl sites for hydroxylation is 1. The number of halogens is 1. The van der Waals surface area contributed by atoms with Crippen LogP contribution in [0.5, 0.6) is 5.75 Å². The van der Waals surface area contributed by atoms with Crippen molar-refractivity contribution in [1.82, 2.24) is 9.19 Å². The Hall–Kier alpha value is -1.23. The van der Waals surface area contributed by atoms with Gasteiger partial charge in [-0.1, -0.05) is 0 Å². The molecule has 16 heavy (non-hydrogen) atoms. The number of benzene rings is 1. The number of ether oxygens (including phenoxy) is 1. The van der Waals surface area contributed by atoms with Crippen molar-refractivity contribution in [3.05, 3.63) is 23.9 Å². The number of aromatic nitrogens is 2. The van der Waals surface area contributed by atoms with Crippen molar-refractivity contribution >= 4 is 23.2 Å². The van der Waals surface area contributed by atoms with Crippen LogP contribution in [0, 0.1) is 6.92 Å². The smallest absolute Gasteiger partial charge is 0.188 e. The van der Waals surface area contributed by atoms with Crippen molar-refractivity contribution in [3.8, 4) is 5.75 Å². The van der Waals surface area contributed by atoms with Crippen molar-refractivity contribution in [3.63, 3.8) is 0 Å². The van der Waals surface area contributed by atoms with E-state index < -0.39 is 0 Å². The van der Waals surface area contributed by atoms with E-state index >= 15 is 0 Å². The maximum atomic E-state index is 12.6. The molecule has 0 aliphatic rings. The van der Waals surface area contributed by atoms with E-state index in [0.717, 1.165) is 22.3 Å². The molecule has 0 bridgehead atoms. The molecular weight excluding hydrogens is 227 g/mol. The van der Waals surface area contributed by atoms with Crippen molar-refractivity contribution < 1.29 is 8.62 Å². The van der Waals surface area contributed by atoms with Gasteiger partial charge >= 0.3 is 0 Å². The van der Waals surface area contributed by atoms with Crippen molar-refractivity contribution in [1.29, 1.82) is 0 Å². The molecule has 0 atom stereocenters. The normalized spacial score (nSPS) is 11.3. The summed E-state index contributed by atoms with van der Waals surface area (Å²) in [5.74, 6) is 0.786. The molecule has 1 aromatic heterocycles. The monoisotopic (exact) mass is 240 g/mol. The lowest BCUT2D eigenvalue weighted by atomic mass is 10.2. The third-order valence-corrected chi connectivity index (χ3v) is 2.65. The summed E-state index contributed by atoms with van der Waals surface area (Å²) in [6.07, 6.45) is 0.128. The SMILES string of the molecule is Cc1nn(SF)c2ccc(OC(C)C)cc12. The summed E-state index contributed by atoms with van der Waals surface area (Å²) < 4.78 is 19.4. The second-order valence-corrected chi connectivity index (χ2v) is 4.36. The zero-order chi connectivity index (χ0) is 11.7. The van der Waals surface area contributed by atoms with Gasteiger partial charge in [-0.25, -0.2) is 0 Å². The molecule has 1 heterocycles. The fourth-order valence-electron chi connectivity index (χ4n) is 1.61. The van der Waals surface area contributed by atoms with Crippen LogP contribution in [0.25, 0.3) is 10.9 Å². The van der Waals surface area contributed by atoms with Crippen molar-refractivity contribution in [2.75, 3.05) is 0 Å². The number of rotatable bonds is 3. The Labute approximate surface area is 98.0 Å². The summed E-state index contributed by atoms with van der Waals surface area (Å²) in [5, 5.41) is 5.00. The Bertz CT molecular complexity index is 510. The molecule has 0 amide bonds. The molecule has 0 saturated carbocycles. The first-order valence-electron chi connectivity index (χ1n) is 5.07. The van der Waals surface area contributed by atoms with E-state index in [-0.39, 0.29) is 18.4 Å². The molecule has 0 aliphatic carbocycles. The Balaban J connectivity index is 2.49. The molecule has 3 nitrogen and oxygen atoms in total. The lowest BCUT2D eigenvalue weighted by molar-refractivity contribution is 0.243. The molecule has 86 valence electrons. The Morgan fingerprint density at radius 3 is 2.81 bits per heavy atom. The molecule has 0 spiro atoms. The van der Waals surface area contributed by atoms with E-state index in [1.54, 1.807) is 0 Å². The number of hydrogen-bond donors (Lipinski definition) is 0. The van der Waals surface area contributed by atoms with Crippen LogP contribution in [0.3, 0.4) is 0 Å². The molecule has 5 heteroatoms. The molecule has 2 aromatic rings. The van der Waals surface area contributed by atoms with Crippen LogP contribution < -0.4 is 4.74 Å². The predicted octanol–water partition coefficient (Wildman–Crippen LogP) is 3.51. The number of fused-ring (bicyclic) bond motifs is 1. The Morgan fingerprint density at radius 2 is 2.19 bits per heavy atom. The van der Waals surface area contributed by atoms with Gasteiger partial charge in [-0.15, -0.1) is 3.89 Å². The molecule has 1 aromatic carbocycles. The number of hydrogen-bond acceptors (Lipinski definition) is 3. The first-order chi connectivity index (χ1) is 7.61. The molecule has 0 saturated heterocycles. The van der Waals surface area contributed by atoms with Gasteiger partial charge in [0.15, 0.2) is 12.3 Å². The topological polar surface area (TPSA) is 27.1 Å². The summed E-state index contributed by atoms with van der Waals surface area (Å²) >= 11 is 0.104. The van der Waals surface area contributed by atoms with E-state index in [1.165, 1.54) is 4.09 Å². The molecule has 0 radical (unpaired) electrons. The van der Waals surface area contributed by atoms with Crippen LogP contribution in [0.4, 0.5) is 3.89 Å². The minimum Gasteiger partial charge on any atom is -0.491 e. The van der Waals surface area contributed by atoms with Crippen molar-refractivity contribution in [2.45, 2.75) is 26.9 Å². The molecule has 0 N–H and O–H groups in total. The minimum atomic E-state index is 0.104. The van der Waals surface area contributed by atoms with Gasteiger partial charge in [-0.3, -0.25) is 0 Å². The summed E-state index contributed by atoms with van der Waals surface area (Å²) in [4.78, 5) is 0. The quantitative estimate of drug-likeness (QED) is 0.821. The molecule has 0 aliphatic heterocycles. The average Bonchev–Trinajstić information content (AvgIpc) is 2.55. The molecular formula is C11H13FN2OS. The highest BCUT2D eigenvalue weighted by atomic mass is 32.2. The van der Waals surface area contributed by atoms with Crippen molar-refractivity contribution in [2.24, 2.45) is 0 Å². The molecule has 0 unspecified atom stereocenters. The van der Waals surface area contributed by atoms with E-state index in [1.807, 2.05) is 39.0 Å². The average molecular weight is 240 g/mol. The van der Waals surface area contributed by atoms with Crippen LogP contribution in [0.2, 0.25) is 0 Å². The Kier molecular flexibility index (Phi) is 3.05. The standard InChI is InChI=1S/C11H13FN2OS/c1-7(2)15-9-4-5-11-10(6-9)8(3)13-14(11)16-12/h4-7H,1-3H3. The van der Waals surface area contributed by atoms with Gasteiger partial charge in [-0.05, 0) is 39.0 Å². The van der Waals surface area contributed by atoms with Gasteiger partial charge in [0, 0.05) is 5.39 Å². The third-order valence-electron chi connectivity index (χ3n) is 2.24. The third kappa shape index (κ3) is 2.00. The fraction of sp³-hybridized carbons (Fsp3) is 0.364. The zero-order valence-electron chi connectivity index (χ0n) is 9.40. The predicted molar refractivity (Wildman–Crippen MR) is 64.3 cm³/mol. The van der Waals surface area contributed by atoms with Gasteiger partial charge in [-0.2, -0.15) is 9.19 Å². The highest BCUT2D eigenvalue weighted by Crippen LogP contribution is 2.26. The van der Waals surface area contributed by atoms with Gasteiger partial charge in [0.2, 0.25) is 0 Å². The van der Waals surface area contributed by atoms with E-state index in [4.69, 9.17) is 4.74 Å². The largest absolute Gasteiger partial charge is 0.491 e. The lowest BCUT2D eigenvalue weighted by Crippen LogP contribution is -2.05. The van der Waals surface area contributed by atoms with Crippen LogP contribution in [-0.4, -0.2) is 15.3 Å². The zero-order valence-corrected chi connectivity index (χ0v) is 10.2. The Morgan fingerprint density at radius 1 is 1.44 bits per heavy atom. The first-order valence-corrected chi connectivity index (χ1v) is 5.74. The molecule has 0 fully saturated rings. The fourth-order valence-corrected chi connectivity index (χ4v) is 2.00. The number of nitrogens with zero attached hydrogens (tertiary/aromatic N) is 2. The summed E-state index contributed by atoms with van der Waals surface area (Å²) in [6, 6.07) is 5.54. The van der Waals surface area contributed by atoms with Gasteiger partial charge < -0.3 is 4.74 Å². The maximum Gasteiger partial charge on any atom is 0.188 e. The highest BCUT2D eigenvalue weighted by molar-refractivity contribution is 7.92. The van der Waals surface area contributed by atoms with Gasteiger partial charge in [0.05, 0.1) is 17.3 Å². The summed E-state index contributed by atoms with van der Waals surface area (Å²) in [6.45, 7) is 5.80. The first kappa shape index (κ1) is 11.3. The summed E-state index contributed by atoms with van der Waals surface area (Å²) in [5.41, 5.74) is 1.57. The van der Waals surface area contributed by atoms with E-state index in [9.17, 15) is 3.89 Å². The van der Waals surface area contributed by atoms with Gasteiger partial charge in [0.25, 0.3) is 0 Å². The lowest BCUT2D eigenvalue weighted by Gasteiger charge is -2.09. The van der Waals surface area contributed by atoms with Crippen LogP contribution in [-0.2, 0) is 0 Å². The second-order valence-electron chi connectivity index (χ2n) is 3.87. The summed E-state index contributed by atoms with van der Waals surface area (Å²) in [7, 11) is 0.